The second kappa shape index (κ2) is 6.53. The van der Waals surface area contributed by atoms with Gasteiger partial charge in [-0.05, 0) is 44.3 Å². The van der Waals surface area contributed by atoms with Gasteiger partial charge in [0, 0.05) is 12.3 Å². The molecule has 0 aliphatic carbocycles. The van der Waals surface area contributed by atoms with Crippen LogP contribution >= 0.6 is 0 Å². The molecule has 19 heavy (non-hydrogen) atoms. The molecule has 0 N–H and O–H groups in total. The van der Waals surface area contributed by atoms with E-state index in [2.05, 4.69) is 29.2 Å². The highest BCUT2D eigenvalue weighted by atomic mass is 32.2. The van der Waals surface area contributed by atoms with Gasteiger partial charge in [-0.25, -0.2) is 8.42 Å². The molecule has 2 rings (SSSR count). The Bertz CT molecular complexity index is 484. The van der Waals surface area contributed by atoms with E-state index in [9.17, 15) is 8.42 Å². The van der Waals surface area contributed by atoms with Crippen molar-refractivity contribution >= 4 is 9.84 Å². The molecule has 0 bridgehead atoms. The lowest BCUT2D eigenvalue weighted by Crippen LogP contribution is -2.32. The van der Waals surface area contributed by atoms with Crippen LogP contribution in [0.4, 0.5) is 0 Å². The van der Waals surface area contributed by atoms with Gasteiger partial charge in [0.05, 0.1) is 5.75 Å². The number of likely N-dealkylation sites (tertiary alicyclic amines) is 1. The molecular weight excluding hydrogens is 258 g/mol. The third-order valence-electron chi connectivity index (χ3n) is 3.77. The van der Waals surface area contributed by atoms with Gasteiger partial charge < -0.3 is 4.90 Å². The van der Waals surface area contributed by atoms with Gasteiger partial charge in [0.15, 0.2) is 0 Å². The van der Waals surface area contributed by atoms with Crippen molar-refractivity contribution in [3.05, 3.63) is 35.9 Å². The standard InChI is InChI=1S/C15H23NO2S/c1-19(17,18)12-6-11-16-10-5-9-15(16)13-14-7-3-2-4-8-14/h2-4,7-8,15H,5-6,9-13H2,1H3/t15-/m1/s1. The van der Waals surface area contributed by atoms with E-state index in [0.29, 0.717) is 11.8 Å². The topological polar surface area (TPSA) is 37.4 Å². The molecule has 1 aromatic carbocycles. The molecule has 3 nitrogen and oxygen atoms in total. The van der Waals surface area contributed by atoms with Gasteiger partial charge in [0.2, 0.25) is 0 Å². The summed E-state index contributed by atoms with van der Waals surface area (Å²) < 4.78 is 22.3. The van der Waals surface area contributed by atoms with E-state index in [-0.39, 0.29) is 0 Å². The first kappa shape index (κ1) is 14.5. The van der Waals surface area contributed by atoms with Crippen molar-refractivity contribution in [2.75, 3.05) is 25.1 Å². The molecule has 1 aliphatic heterocycles. The SMILES string of the molecule is CS(=O)(=O)CCCN1CCC[C@@H]1Cc1ccccc1. The zero-order valence-electron chi connectivity index (χ0n) is 11.6. The first-order valence-electron chi connectivity index (χ1n) is 7.00. The van der Waals surface area contributed by atoms with Crippen molar-refractivity contribution in [1.82, 2.24) is 4.90 Å². The first-order valence-corrected chi connectivity index (χ1v) is 9.06. The molecule has 1 saturated heterocycles. The molecule has 0 spiro atoms. The fraction of sp³-hybridized carbons (Fsp3) is 0.600. The quantitative estimate of drug-likeness (QED) is 0.801. The van der Waals surface area contributed by atoms with Crippen molar-refractivity contribution in [1.29, 1.82) is 0 Å². The zero-order valence-corrected chi connectivity index (χ0v) is 12.4. The predicted octanol–water partition coefficient (Wildman–Crippen LogP) is 2.13. The highest BCUT2D eigenvalue weighted by Gasteiger charge is 2.24. The van der Waals surface area contributed by atoms with Gasteiger partial charge in [0.1, 0.15) is 9.84 Å². The predicted molar refractivity (Wildman–Crippen MR) is 79.1 cm³/mol. The maximum absolute atomic E-state index is 11.2. The molecule has 1 fully saturated rings. The maximum Gasteiger partial charge on any atom is 0.147 e. The van der Waals surface area contributed by atoms with Crippen LogP contribution in [0.5, 0.6) is 0 Å². The summed E-state index contributed by atoms with van der Waals surface area (Å²) in [5.41, 5.74) is 1.38. The minimum atomic E-state index is -2.82. The lowest BCUT2D eigenvalue weighted by Gasteiger charge is -2.24. The Morgan fingerprint density at radius 3 is 2.68 bits per heavy atom. The van der Waals surface area contributed by atoms with Crippen molar-refractivity contribution in [3.8, 4) is 0 Å². The van der Waals surface area contributed by atoms with Crippen molar-refractivity contribution in [3.63, 3.8) is 0 Å². The van der Waals surface area contributed by atoms with E-state index in [1.54, 1.807) is 0 Å². The lowest BCUT2D eigenvalue weighted by molar-refractivity contribution is 0.253. The molecule has 106 valence electrons. The van der Waals surface area contributed by atoms with Crippen molar-refractivity contribution in [2.45, 2.75) is 31.7 Å². The largest absolute Gasteiger partial charge is 0.300 e. The number of sulfone groups is 1. The lowest BCUT2D eigenvalue weighted by atomic mass is 10.0. The molecule has 1 heterocycles. The molecule has 1 aliphatic rings. The monoisotopic (exact) mass is 281 g/mol. The van der Waals surface area contributed by atoms with Crippen LogP contribution < -0.4 is 0 Å². The first-order chi connectivity index (χ1) is 9.04. The average molecular weight is 281 g/mol. The summed E-state index contributed by atoms with van der Waals surface area (Å²) in [4.78, 5) is 2.46. The molecule has 1 atom stereocenters. The van der Waals surface area contributed by atoms with Gasteiger partial charge in [-0.15, -0.1) is 0 Å². The van der Waals surface area contributed by atoms with Crippen LogP contribution in [0.25, 0.3) is 0 Å². The summed E-state index contributed by atoms with van der Waals surface area (Å²) in [6.45, 7) is 2.02. The molecule has 0 unspecified atom stereocenters. The van der Waals surface area contributed by atoms with E-state index in [4.69, 9.17) is 0 Å². The van der Waals surface area contributed by atoms with Gasteiger partial charge in [-0.3, -0.25) is 0 Å². The van der Waals surface area contributed by atoms with Gasteiger partial charge in [-0.1, -0.05) is 30.3 Å². The summed E-state index contributed by atoms with van der Waals surface area (Å²) in [5, 5.41) is 0. The average Bonchev–Trinajstić information content (AvgIpc) is 2.76. The minimum Gasteiger partial charge on any atom is -0.300 e. The third kappa shape index (κ3) is 4.96. The Hall–Kier alpha value is -0.870. The Balaban J connectivity index is 1.83. The van der Waals surface area contributed by atoms with Crippen LogP contribution in [0.3, 0.4) is 0 Å². The van der Waals surface area contributed by atoms with Crippen LogP contribution in [0.1, 0.15) is 24.8 Å². The summed E-state index contributed by atoms with van der Waals surface area (Å²) in [5.74, 6) is 0.307. The molecular formula is C15H23NO2S. The fourth-order valence-electron chi connectivity index (χ4n) is 2.84. The number of nitrogens with zero attached hydrogens (tertiary/aromatic N) is 1. The molecule has 0 saturated carbocycles. The van der Waals surface area contributed by atoms with E-state index >= 15 is 0 Å². The minimum absolute atomic E-state index is 0.307. The summed E-state index contributed by atoms with van der Waals surface area (Å²) >= 11 is 0. The Morgan fingerprint density at radius 2 is 2.00 bits per heavy atom. The van der Waals surface area contributed by atoms with Crippen molar-refractivity contribution in [2.24, 2.45) is 0 Å². The molecule has 0 radical (unpaired) electrons. The van der Waals surface area contributed by atoms with Crippen LogP contribution in [0, 0.1) is 0 Å². The highest BCUT2D eigenvalue weighted by molar-refractivity contribution is 7.90. The second-order valence-corrected chi connectivity index (χ2v) is 7.76. The number of rotatable bonds is 6. The van der Waals surface area contributed by atoms with Crippen LogP contribution in [-0.2, 0) is 16.3 Å². The van der Waals surface area contributed by atoms with Gasteiger partial charge >= 0.3 is 0 Å². The molecule has 0 aromatic heterocycles. The smallest absolute Gasteiger partial charge is 0.147 e. The highest BCUT2D eigenvalue weighted by Crippen LogP contribution is 2.21. The van der Waals surface area contributed by atoms with Crippen LogP contribution in [-0.4, -0.2) is 44.5 Å². The van der Waals surface area contributed by atoms with Crippen LogP contribution in [0.2, 0.25) is 0 Å². The molecule has 0 amide bonds. The Morgan fingerprint density at radius 1 is 1.26 bits per heavy atom. The maximum atomic E-state index is 11.2. The summed E-state index contributed by atoms with van der Waals surface area (Å²) in [6.07, 6.45) is 5.62. The zero-order chi connectivity index (χ0) is 13.7. The number of hydrogen-bond donors (Lipinski definition) is 0. The summed E-state index contributed by atoms with van der Waals surface area (Å²) in [6, 6.07) is 11.1. The summed E-state index contributed by atoms with van der Waals surface area (Å²) in [7, 11) is -2.82. The normalized spacial score (nSPS) is 20.8. The van der Waals surface area contributed by atoms with Gasteiger partial charge in [-0.2, -0.15) is 0 Å². The second-order valence-electron chi connectivity index (χ2n) is 5.51. The third-order valence-corrected chi connectivity index (χ3v) is 4.80. The number of hydrogen-bond acceptors (Lipinski definition) is 3. The molecule has 4 heteroatoms. The number of benzene rings is 1. The van der Waals surface area contributed by atoms with E-state index in [1.807, 2.05) is 6.07 Å². The van der Waals surface area contributed by atoms with E-state index in [1.165, 1.54) is 24.7 Å². The van der Waals surface area contributed by atoms with E-state index in [0.717, 1.165) is 25.9 Å². The van der Waals surface area contributed by atoms with Gasteiger partial charge in [0.25, 0.3) is 0 Å². The Kier molecular flexibility index (Phi) is 4.99. The Labute approximate surface area is 116 Å². The fourth-order valence-corrected chi connectivity index (χ4v) is 3.49. The van der Waals surface area contributed by atoms with Crippen LogP contribution in [0.15, 0.2) is 30.3 Å². The molecule has 1 aromatic rings. The van der Waals surface area contributed by atoms with Crippen molar-refractivity contribution < 1.29 is 8.42 Å². The van der Waals surface area contributed by atoms with E-state index < -0.39 is 9.84 Å².